The number of aliphatic hydroxyl groups excluding tert-OH is 1. The van der Waals surface area contributed by atoms with E-state index in [0.29, 0.717) is 13.2 Å². The number of hydrogen-bond acceptors (Lipinski definition) is 3. The van der Waals surface area contributed by atoms with E-state index in [1.807, 2.05) is 31.2 Å². The second-order valence-corrected chi connectivity index (χ2v) is 3.06. The molecule has 0 amide bonds. The average molecular weight is 196 g/mol. The van der Waals surface area contributed by atoms with Crippen LogP contribution in [0.3, 0.4) is 0 Å². The van der Waals surface area contributed by atoms with Crippen molar-refractivity contribution in [3.8, 4) is 11.5 Å². The number of rotatable bonds is 5. The van der Waals surface area contributed by atoms with Crippen LogP contribution < -0.4 is 9.47 Å². The van der Waals surface area contributed by atoms with Crippen molar-refractivity contribution >= 4 is 0 Å². The van der Waals surface area contributed by atoms with E-state index in [0.717, 1.165) is 11.5 Å². The third-order valence-electron chi connectivity index (χ3n) is 1.63. The summed E-state index contributed by atoms with van der Waals surface area (Å²) in [6, 6.07) is 7.35. The molecule has 14 heavy (non-hydrogen) atoms. The molecular formula is C11H16O3. The van der Waals surface area contributed by atoms with Gasteiger partial charge in [0.2, 0.25) is 0 Å². The van der Waals surface area contributed by atoms with Crippen molar-refractivity contribution in [2.75, 3.05) is 13.2 Å². The highest BCUT2D eigenvalue weighted by Crippen LogP contribution is 2.17. The molecule has 0 unspecified atom stereocenters. The van der Waals surface area contributed by atoms with E-state index in [1.54, 1.807) is 6.92 Å². The van der Waals surface area contributed by atoms with Gasteiger partial charge in [0, 0.05) is 0 Å². The maximum absolute atomic E-state index is 9.00. The SMILES string of the molecule is CCOc1ccc(OC[C@@H](C)O)cc1. The molecule has 0 aliphatic heterocycles. The fourth-order valence-corrected chi connectivity index (χ4v) is 1.02. The fraction of sp³-hybridized carbons (Fsp3) is 0.455. The normalized spacial score (nSPS) is 12.2. The molecule has 3 nitrogen and oxygen atoms in total. The summed E-state index contributed by atoms with van der Waals surface area (Å²) in [7, 11) is 0. The van der Waals surface area contributed by atoms with Crippen molar-refractivity contribution in [1.29, 1.82) is 0 Å². The van der Waals surface area contributed by atoms with E-state index in [1.165, 1.54) is 0 Å². The van der Waals surface area contributed by atoms with Gasteiger partial charge in [0.05, 0.1) is 12.7 Å². The predicted molar refractivity (Wildman–Crippen MR) is 54.8 cm³/mol. The summed E-state index contributed by atoms with van der Waals surface area (Å²) < 4.78 is 10.6. The van der Waals surface area contributed by atoms with Crippen molar-refractivity contribution in [2.24, 2.45) is 0 Å². The number of hydrogen-bond donors (Lipinski definition) is 1. The van der Waals surface area contributed by atoms with Gasteiger partial charge in [0.1, 0.15) is 18.1 Å². The summed E-state index contributed by atoms with van der Waals surface area (Å²) in [5, 5.41) is 9.00. The van der Waals surface area contributed by atoms with Crippen molar-refractivity contribution in [2.45, 2.75) is 20.0 Å². The second-order valence-electron chi connectivity index (χ2n) is 3.06. The molecule has 0 bridgehead atoms. The topological polar surface area (TPSA) is 38.7 Å². The van der Waals surface area contributed by atoms with Gasteiger partial charge >= 0.3 is 0 Å². The molecule has 1 aromatic carbocycles. The Hall–Kier alpha value is -1.22. The zero-order chi connectivity index (χ0) is 10.4. The maximum Gasteiger partial charge on any atom is 0.119 e. The van der Waals surface area contributed by atoms with Crippen molar-refractivity contribution in [3.63, 3.8) is 0 Å². The van der Waals surface area contributed by atoms with Gasteiger partial charge in [-0.1, -0.05) is 0 Å². The van der Waals surface area contributed by atoms with Crippen LogP contribution in [0.1, 0.15) is 13.8 Å². The molecule has 0 fully saturated rings. The van der Waals surface area contributed by atoms with Crippen LogP contribution in [0.2, 0.25) is 0 Å². The largest absolute Gasteiger partial charge is 0.494 e. The van der Waals surface area contributed by atoms with E-state index >= 15 is 0 Å². The summed E-state index contributed by atoms with van der Waals surface area (Å²) in [6.07, 6.45) is -0.443. The Labute approximate surface area is 84.3 Å². The number of benzene rings is 1. The Bertz CT molecular complexity index is 254. The summed E-state index contributed by atoms with van der Waals surface area (Å²) >= 11 is 0. The van der Waals surface area contributed by atoms with Gasteiger partial charge in [0.15, 0.2) is 0 Å². The van der Waals surface area contributed by atoms with E-state index in [2.05, 4.69) is 0 Å². The smallest absolute Gasteiger partial charge is 0.119 e. The van der Waals surface area contributed by atoms with E-state index < -0.39 is 6.10 Å². The molecule has 0 aliphatic carbocycles. The minimum atomic E-state index is -0.443. The van der Waals surface area contributed by atoms with Crippen LogP contribution in [-0.4, -0.2) is 24.4 Å². The summed E-state index contributed by atoms with van der Waals surface area (Å²) in [5.74, 6) is 1.58. The van der Waals surface area contributed by atoms with Crippen LogP contribution >= 0.6 is 0 Å². The van der Waals surface area contributed by atoms with Crippen LogP contribution in [0.15, 0.2) is 24.3 Å². The molecular weight excluding hydrogens is 180 g/mol. The van der Waals surface area contributed by atoms with Crippen LogP contribution in [-0.2, 0) is 0 Å². The summed E-state index contributed by atoms with van der Waals surface area (Å²) in [4.78, 5) is 0. The Morgan fingerprint density at radius 1 is 1.14 bits per heavy atom. The van der Waals surface area contributed by atoms with E-state index in [9.17, 15) is 0 Å². The fourth-order valence-electron chi connectivity index (χ4n) is 1.02. The highest BCUT2D eigenvalue weighted by molar-refractivity contribution is 5.31. The molecule has 1 N–H and O–H groups in total. The van der Waals surface area contributed by atoms with Crippen LogP contribution in [0.25, 0.3) is 0 Å². The number of aliphatic hydroxyl groups is 1. The first-order valence-electron chi connectivity index (χ1n) is 4.76. The molecule has 1 atom stereocenters. The standard InChI is InChI=1S/C11H16O3/c1-3-13-10-4-6-11(7-5-10)14-8-9(2)12/h4-7,9,12H,3,8H2,1-2H3/t9-/m1/s1. The summed E-state index contributed by atoms with van der Waals surface area (Å²) in [5.41, 5.74) is 0. The quantitative estimate of drug-likeness (QED) is 0.781. The first kappa shape index (κ1) is 10.9. The number of ether oxygens (including phenoxy) is 2. The molecule has 0 radical (unpaired) electrons. The van der Waals surface area contributed by atoms with Gasteiger partial charge in [-0.25, -0.2) is 0 Å². The molecule has 0 heterocycles. The lowest BCUT2D eigenvalue weighted by molar-refractivity contribution is 0.122. The lowest BCUT2D eigenvalue weighted by Crippen LogP contribution is -2.12. The third kappa shape index (κ3) is 3.66. The Kier molecular flexibility index (Phi) is 4.26. The zero-order valence-corrected chi connectivity index (χ0v) is 8.56. The molecule has 0 saturated carbocycles. The third-order valence-corrected chi connectivity index (χ3v) is 1.63. The Morgan fingerprint density at radius 3 is 2.07 bits per heavy atom. The maximum atomic E-state index is 9.00. The van der Waals surface area contributed by atoms with Gasteiger partial charge in [-0.2, -0.15) is 0 Å². The lowest BCUT2D eigenvalue weighted by Gasteiger charge is -2.08. The van der Waals surface area contributed by atoms with Gasteiger partial charge in [-0.05, 0) is 38.1 Å². The highest BCUT2D eigenvalue weighted by atomic mass is 16.5. The van der Waals surface area contributed by atoms with Gasteiger partial charge < -0.3 is 14.6 Å². The molecule has 1 rings (SSSR count). The minimum absolute atomic E-state index is 0.313. The Morgan fingerprint density at radius 2 is 1.64 bits per heavy atom. The van der Waals surface area contributed by atoms with Gasteiger partial charge in [0.25, 0.3) is 0 Å². The zero-order valence-electron chi connectivity index (χ0n) is 8.56. The predicted octanol–water partition coefficient (Wildman–Crippen LogP) is 1.84. The van der Waals surface area contributed by atoms with E-state index in [-0.39, 0.29) is 0 Å². The average Bonchev–Trinajstić information content (AvgIpc) is 2.17. The second kappa shape index (κ2) is 5.50. The highest BCUT2D eigenvalue weighted by Gasteiger charge is 1.98. The minimum Gasteiger partial charge on any atom is -0.494 e. The molecule has 0 spiro atoms. The Balaban J connectivity index is 2.46. The molecule has 3 heteroatoms. The monoisotopic (exact) mass is 196 g/mol. The van der Waals surface area contributed by atoms with E-state index in [4.69, 9.17) is 14.6 Å². The molecule has 0 aromatic heterocycles. The molecule has 0 aliphatic rings. The van der Waals surface area contributed by atoms with Crippen LogP contribution in [0.4, 0.5) is 0 Å². The van der Waals surface area contributed by atoms with Gasteiger partial charge in [-0.3, -0.25) is 0 Å². The van der Waals surface area contributed by atoms with Crippen LogP contribution in [0.5, 0.6) is 11.5 Å². The first-order chi connectivity index (χ1) is 6.72. The van der Waals surface area contributed by atoms with Crippen molar-refractivity contribution in [1.82, 2.24) is 0 Å². The molecule has 78 valence electrons. The summed E-state index contributed by atoms with van der Waals surface area (Å²) in [6.45, 7) is 4.61. The lowest BCUT2D eigenvalue weighted by atomic mass is 10.3. The molecule has 1 aromatic rings. The van der Waals surface area contributed by atoms with Crippen molar-refractivity contribution < 1.29 is 14.6 Å². The van der Waals surface area contributed by atoms with Crippen LogP contribution in [0, 0.1) is 0 Å². The molecule has 0 saturated heterocycles. The van der Waals surface area contributed by atoms with Gasteiger partial charge in [-0.15, -0.1) is 0 Å². The first-order valence-corrected chi connectivity index (χ1v) is 4.76. The van der Waals surface area contributed by atoms with Crippen molar-refractivity contribution in [3.05, 3.63) is 24.3 Å².